The zero-order valence-electron chi connectivity index (χ0n) is 13.8. The highest BCUT2D eigenvalue weighted by Gasteiger charge is 2.45. The molecule has 0 bridgehead atoms. The first-order chi connectivity index (χ1) is 12.8. The normalized spacial score (nSPS) is 13.2. The van der Waals surface area contributed by atoms with E-state index in [4.69, 9.17) is 8.83 Å². The van der Waals surface area contributed by atoms with E-state index in [-0.39, 0.29) is 4.90 Å². The Morgan fingerprint density at radius 1 is 1.00 bits per heavy atom. The number of furan rings is 1. The quantitative estimate of drug-likeness (QED) is 0.454. The minimum absolute atomic E-state index is 0.305. The van der Waals surface area contributed by atoms with Gasteiger partial charge in [-0.15, -0.1) is 23.4 Å². The lowest BCUT2D eigenvalue weighted by molar-refractivity contribution is -0.0435. The summed E-state index contributed by atoms with van der Waals surface area (Å²) in [5.41, 5.74) is -2.17. The van der Waals surface area contributed by atoms with Gasteiger partial charge in [0.25, 0.3) is 0 Å². The smallest absolute Gasteiger partial charge is 0.578 e. The molecule has 4 rings (SSSR count). The number of aromatic nitrogens is 2. The molecule has 0 saturated heterocycles. The van der Waals surface area contributed by atoms with E-state index in [0.717, 1.165) is 5.39 Å². The van der Waals surface area contributed by atoms with Crippen LogP contribution in [0, 0.1) is 6.92 Å². The molecule has 2 heterocycles. The van der Waals surface area contributed by atoms with Crippen LogP contribution >= 0.6 is 0 Å². The van der Waals surface area contributed by atoms with E-state index in [0.29, 0.717) is 34.1 Å². The van der Waals surface area contributed by atoms with Gasteiger partial charge in [0.05, 0.1) is 17.4 Å². The second kappa shape index (κ2) is 6.43. The molecule has 138 valence electrons. The summed E-state index contributed by atoms with van der Waals surface area (Å²) in [6.45, 7) is 1.69. The second-order valence-corrected chi connectivity index (χ2v) is 7.20. The number of alkyl halides is 3. The largest absolute Gasteiger partial charge is 0.604 e. The Kier molecular flexibility index (Phi) is 4.20. The van der Waals surface area contributed by atoms with Crippen molar-refractivity contribution in [2.75, 3.05) is 0 Å². The maximum Gasteiger partial charge on any atom is 0.578 e. The fourth-order valence-corrected chi connectivity index (χ4v) is 3.34. The van der Waals surface area contributed by atoms with Crippen LogP contribution in [0.5, 0.6) is 0 Å². The number of rotatable bonds is 3. The van der Waals surface area contributed by atoms with Crippen molar-refractivity contribution in [3.05, 3.63) is 54.6 Å². The molecule has 2 aromatic carbocycles. The van der Waals surface area contributed by atoms with Crippen molar-refractivity contribution in [1.29, 1.82) is 0 Å². The van der Waals surface area contributed by atoms with E-state index in [1.165, 1.54) is 30.5 Å². The maximum atomic E-state index is 12.6. The Hall–Kier alpha value is -2.78. The molecule has 5 nitrogen and oxygen atoms in total. The van der Waals surface area contributed by atoms with Crippen LogP contribution in [0.1, 0.15) is 5.89 Å². The molecule has 0 saturated carbocycles. The number of nitrogens with zero attached hydrogens (tertiary/aromatic N) is 2. The van der Waals surface area contributed by atoms with Crippen molar-refractivity contribution in [2.45, 2.75) is 17.3 Å². The van der Waals surface area contributed by atoms with E-state index in [1.54, 1.807) is 19.1 Å². The number of halogens is 3. The first-order valence-corrected chi connectivity index (χ1v) is 8.89. The summed E-state index contributed by atoms with van der Waals surface area (Å²) in [5, 5.41) is 8.52. The fraction of sp³-hybridized carbons (Fsp3) is 0.111. The van der Waals surface area contributed by atoms with Gasteiger partial charge in [0.1, 0.15) is 5.58 Å². The second-order valence-electron chi connectivity index (χ2n) is 5.73. The van der Waals surface area contributed by atoms with Crippen LogP contribution in [0.25, 0.3) is 33.6 Å². The molecule has 9 heteroatoms. The standard InChI is InChI=1S/C18H11F3N2O3S/c1-10-22-23-17(26-10)12-4-7-16-14(8-12)15(9-25-16)11-2-5-13(6-3-11)27(24)18(19,20)21/h2-9H,1H3. The van der Waals surface area contributed by atoms with Crippen LogP contribution in [0.3, 0.4) is 0 Å². The maximum absolute atomic E-state index is 12.6. The summed E-state index contributed by atoms with van der Waals surface area (Å²) in [6, 6.07) is 10.7. The summed E-state index contributed by atoms with van der Waals surface area (Å²) in [7, 11) is 0. The first-order valence-electron chi connectivity index (χ1n) is 7.74. The van der Waals surface area contributed by atoms with Gasteiger partial charge < -0.3 is 13.4 Å². The van der Waals surface area contributed by atoms with Crippen LogP contribution in [0.4, 0.5) is 13.2 Å². The van der Waals surface area contributed by atoms with Crippen LogP contribution < -0.4 is 0 Å². The summed E-state index contributed by atoms with van der Waals surface area (Å²) in [4.78, 5) is -0.305. The summed E-state index contributed by atoms with van der Waals surface area (Å²) < 4.78 is 60.1. The highest BCUT2D eigenvalue weighted by molar-refractivity contribution is 7.92. The highest BCUT2D eigenvalue weighted by Crippen LogP contribution is 2.35. The van der Waals surface area contributed by atoms with Crippen molar-refractivity contribution in [3.63, 3.8) is 0 Å². The first kappa shape index (κ1) is 17.6. The molecule has 0 amide bonds. The third-order valence-corrected chi connectivity index (χ3v) is 5.06. The zero-order chi connectivity index (χ0) is 19.2. The van der Waals surface area contributed by atoms with Crippen LogP contribution in [0.2, 0.25) is 0 Å². The molecule has 0 aliphatic carbocycles. The predicted molar refractivity (Wildman–Crippen MR) is 92.1 cm³/mol. The molecular weight excluding hydrogens is 381 g/mol. The molecule has 1 atom stereocenters. The average molecular weight is 392 g/mol. The Morgan fingerprint density at radius 3 is 2.33 bits per heavy atom. The number of fused-ring (bicyclic) bond motifs is 1. The molecule has 0 aliphatic rings. The third kappa shape index (κ3) is 3.31. The monoisotopic (exact) mass is 392 g/mol. The molecule has 1 unspecified atom stereocenters. The lowest BCUT2D eigenvalue weighted by Crippen LogP contribution is -2.23. The van der Waals surface area contributed by atoms with Gasteiger partial charge in [-0.1, -0.05) is 0 Å². The van der Waals surface area contributed by atoms with Crippen LogP contribution in [-0.2, 0) is 11.2 Å². The van der Waals surface area contributed by atoms with Crippen molar-refractivity contribution in [2.24, 2.45) is 0 Å². The van der Waals surface area contributed by atoms with Crippen LogP contribution in [0.15, 0.2) is 62.5 Å². The molecule has 2 aromatic heterocycles. The van der Waals surface area contributed by atoms with E-state index < -0.39 is 16.7 Å². The van der Waals surface area contributed by atoms with Crippen molar-refractivity contribution < 1.29 is 26.6 Å². The summed E-state index contributed by atoms with van der Waals surface area (Å²) >= 11 is -3.06. The molecule has 27 heavy (non-hydrogen) atoms. The van der Waals surface area contributed by atoms with Crippen molar-refractivity contribution in [1.82, 2.24) is 10.2 Å². The molecule has 0 spiro atoms. The molecule has 4 aromatic rings. The molecule has 0 aliphatic heterocycles. The van der Waals surface area contributed by atoms with E-state index >= 15 is 0 Å². The number of hydrogen-bond acceptors (Lipinski definition) is 5. The van der Waals surface area contributed by atoms with Gasteiger partial charge >= 0.3 is 5.51 Å². The van der Waals surface area contributed by atoms with Gasteiger partial charge in [-0.2, -0.15) is 0 Å². The highest BCUT2D eigenvalue weighted by atomic mass is 32.2. The Bertz CT molecular complexity index is 1100. The lowest BCUT2D eigenvalue weighted by atomic mass is 10.0. The number of hydrogen-bond donors (Lipinski definition) is 0. The van der Waals surface area contributed by atoms with Crippen molar-refractivity contribution in [3.8, 4) is 22.6 Å². The molecule has 0 N–H and O–H groups in total. The SMILES string of the molecule is Cc1nnc(-c2ccc3occ(-c4ccc([S+]([O-])C(F)(F)F)cc4)c3c2)o1. The Balaban J connectivity index is 1.73. The zero-order valence-corrected chi connectivity index (χ0v) is 14.6. The lowest BCUT2D eigenvalue weighted by Gasteiger charge is -2.12. The van der Waals surface area contributed by atoms with E-state index in [1.807, 2.05) is 6.07 Å². The molecule has 0 radical (unpaired) electrons. The van der Waals surface area contributed by atoms with Gasteiger partial charge in [0.15, 0.2) is 4.90 Å². The minimum Gasteiger partial charge on any atom is -0.604 e. The minimum atomic E-state index is -4.79. The van der Waals surface area contributed by atoms with Crippen LogP contribution in [-0.4, -0.2) is 20.3 Å². The Labute approximate surface area is 154 Å². The molecular formula is C18H11F3N2O3S. The van der Waals surface area contributed by atoms with Gasteiger partial charge in [0, 0.05) is 23.4 Å². The van der Waals surface area contributed by atoms with Crippen molar-refractivity contribution >= 4 is 22.1 Å². The average Bonchev–Trinajstić information content (AvgIpc) is 3.26. The summed E-state index contributed by atoms with van der Waals surface area (Å²) in [5.74, 6) is 0.795. The van der Waals surface area contributed by atoms with Gasteiger partial charge in [0.2, 0.25) is 11.8 Å². The van der Waals surface area contributed by atoms with Gasteiger partial charge in [-0.05, 0) is 48.0 Å². The third-order valence-electron chi connectivity index (χ3n) is 3.94. The number of benzene rings is 2. The number of aryl methyl sites for hydroxylation is 1. The predicted octanol–water partition coefficient (Wildman–Crippen LogP) is 5.09. The van der Waals surface area contributed by atoms with E-state index in [2.05, 4.69) is 10.2 Å². The van der Waals surface area contributed by atoms with Gasteiger partial charge in [-0.3, -0.25) is 0 Å². The topological polar surface area (TPSA) is 75.1 Å². The fourth-order valence-electron chi connectivity index (χ4n) is 2.69. The van der Waals surface area contributed by atoms with E-state index in [9.17, 15) is 17.7 Å². The summed E-state index contributed by atoms with van der Waals surface area (Å²) in [6.07, 6.45) is 1.52. The van der Waals surface area contributed by atoms with Gasteiger partial charge in [-0.25, -0.2) is 0 Å². The molecule has 0 fully saturated rings. The Morgan fingerprint density at radius 2 is 1.70 bits per heavy atom.